The molecule has 1 saturated carbocycles. The highest BCUT2D eigenvalue weighted by Crippen LogP contribution is 2.42. The number of allylic oxidation sites excluding steroid dienone is 1. The third-order valence-electron chi connectivity index (χ3n) is 3.49. The molecule has 0 aromatic heterocycles. The molecule has 0 spiro atoms. The molecule has 2 nitrogen and oxygen atoms in total. The molecule has 1 N–H and O–H groups in total. The molecule has 1 aromatic carbocycles. The zero-order valence-corrected chi connectivity index (χ0v) is 11.6. The van der Waals surface area contributed by atoms with Crippen LogP contribution >= 0.6 is 22.6 Å². The van der Waals surface area contributed by atoms with Gasteiger partial charge in [0.05, 0.1) is 6.04 Å². The number of carbonyl (C=O) groups excluding carboxylic acids is 1. The van der Waals surface area contributed by atoms with Crippen LogP contribution in [0.15, 0.2) is 36.4 Å². The number of rotatable bonds is 3. The van der Waals surface area contributed by atoms with E-state index in [0.717, 1.165) is 5.69 Å². The third-order valence-corrected chi connectivity index (χ3v) is 4.21. The second-order valence-corrected chi connectivity index (χ2v) is 6.05. The summed E-state index contributed by atoms with van der Waals surface area (Å²) in [6, 6.07) is 8.49. The Labute approximate surface area is 115 Å². The summed E-state index contributed by atoms with van der Waals surface area (Å²) in [5.41, 5.74) is 1.10. The number of ketones is 1. The molecule has 88 valence electrons. The summed E-state index contributed by atoms with van der Waals surface area (Å²) in [4.78, 5) is 11.8. The van der Waals surface area contributed by atoms with E-state index in [0.29, 0.717) is 11.7 Å². The predicted octanol–water partition coefficient (Wildman–Crippen LogP) is 3.24. The van der Waals surface area contributed by atoms with E-state index in [1.807, 2.05) is 6.08 Å². The Bertz CT molecular complexity index is 462. The van der Waals surface area contributed by atoms with Crippen LogP contribution in [-0.4, -0.2) is 11.8 Å². The lowest BCUT2D eigenvalue weighted by Gasteiger charge is -2.20. The molecule has 0 aliphatic heterocycles. The van der Waals surface area contributed by atoms with E-state index in [1.165, 1.54) is 16.4 Å². The van der Waals surface area contributed by atoms with Gasteiger partial charge in [0.25, 0.3) is 0 Å². The average molecular weight is 339 g/mol. The summed E-state index contributed by atoms with van der Waals surface area (Å²) in [5, 5.41) is 3.46. The first-order chi connectivity index (χ1) is 8.24. The van der Waals surface area contributed by atoms with Crippen LogP contribution in [0.5, 0.6) is 0 Å². The smallest absolute Gasteiger partial charge is 0.161 e. The van der Waals surface area contributed by atoms with Crippen molar-refractivity contribution in [3.63, 3.8) is 0 Å². The molecule has 0 bridgehead atoms. The SMILES string of the molecule is O=C1C=C[C@H](Nc2ccc(I)cc2)[C@H]1C1CC1. The van der Waals surface area contributed by atoms with Crippen LogP contribution in [0.25, 0.3) is 0 Å². The van der Waals surface area contributed by atoms with Gasteiger partial charge in [-0.1, -0.05) is 6.08 Å². The van der Waals surface area contributed by atoms with E-state index in [9.17, 15) is 4.79 Å². The molecule has 1 fully saturated rings. The van der Waals surface area contributed by atoms with Crippen LogP contribution in [0, 0.1) is 15.4 Å². The van der Waals surface area contributed by atoms with E-state index < -0.39 is 0 Å². The molecule has 2 aliphatic rings. The molecule has 2 atom stereocenters. The number of anilines is 1. The standard InChI is InChI=1S/C14H14INO/c15-10-3-5-11(6-4-10)16-12-7-8-13(17)14(12)9-1-2-9/h3-9,12,14,16H,1-2H2/t12-,14+/m0/s1. The van der Waals surface area contributed by atoms with Gasteiger partial charge in [0.15, 0.2) is 5.78 Å². The van der Waals surface area contributed by atoms with Crippen molar-refractivity contribution in [2.45, 2.75) is 18.9 Å². The second-order valence-electron chi connectivity index (χ2n) is 4.80. The first-order valence-electron chi connectivity index (χ1n) is 5.98. The van der Waals surface area contributed by atoms with E-state index >= 15 is 0 Å². The minimum atomic E-state index is 0.175. The van der Waals surface area contributed by atoms with Gasteiger partial charge in [-0.05, 0) is 71.7 Å². The van der Waals surface area contributed by atoms with E-state index in [-0.39, 0.29) is 12.0 Å². The molecule has 17 heavy (non-hydrogen) atoms. The zero-order chi connectivity index (χ0) is 11.8. The first kappa shape index (κ1) is 11.3. The Balaban J connectivity index is 1.74. The van der Waals surface area contributed by atoms with Gasteiger partial charge in [0.1, 0.15) is 0 Å². The topological polar surface area (TPSA) is 29.1 Å². The Morgan fingerprint density at radius 1 is 1.18 bits per heavy atom. The van der Waals surface area contributed by atoms with Crippen LogP contribution in [0.1, 0.15) is 12.8 Å². The Hall–Kier alpha value is -0.840. The van der Waals surface area contributed by atoms with Gasteiger partial charge in [-0.2, -0.15) is 0 Å². The summed E-state index contributed by atoms with van der Waals surface area (Å²) in [5.74, 6) is 1.09. The summed E-state index contributed by atoms with van der Waals surface area (Å²) in [7, 11) is 0. The largest absolute Gasteiger partial charge is 0.378 e. The van der Waals surface area contributed by atoms with Crippen LogP contribution in [-0.2, 0) is 4.79 Å². The Morgan fingerprint density at radius 3 is 2.53 bits per heavy atom. The highest BCUT2D eigenvalue weighted by atomic mass is 127. The molecule has 1 aromatic rings. The molecule has 0 unspecified atom stereocenters. The number of hydrogen-bond acceptors (Lipinski definition) is 2. The number of nitrogens with one attached hydrogen (secondary N) is 1. The van der Waals surface area contributed by atoms with E-state index in [1.54, 1.807) is 6.08 Å². The fourth-order valence-corrected chi connectivity index (χ4v) is 2.82. The van der Waals surface area contributed by atoms with Crippen molar-refractivity contribution < 1.29 is 4.79 Å². The van der Waals surface area contributed by atoms with E-state index in [2.05, 4.69) is 52.2 Å². The fourth-order valence-electron chi connectivity index (χ4n) is 2.46. The summed E-state index contributed by atoms with van der Waals surface area (Å²) in [6.45, 7) is 0. The maximum Gasteiger partial charge on any atom is 0.161 e. The lowest BCUT2D eigenvalue weighted by molar-refractivity contribution is -0.118. The molecule has 3 heteroatoms. The lowest BCUT2D eigenvalue weighted by Crippen LogP contribution is -2.29. The molecule has 0 heterocycles. The first-order valence-corrected chi connectivity index (χ1v) is 7.06. The maximum absolute atomic E-state index is 11.8. The van der Waals surface area contributed by atoms with Gasteiger partial charge < -0.3 is 5.32 Å². The minimum absolute atomic E-state index is 0.175. The van der Waals surface area contributed by atoms with E-state index in [4.69, 9.17) is 0 Å². The molecule has 2 aliphatic carbocycles. The van der Waals surface area contributed by atoms with Gasteiger partial charge in [-0.3, -0.25) is 4.79 Å². The molecule has 0 radical (unpaired) electrons. The van der Waals surface area contributed by atoms with Crippen molar-refractivity contribution in [2.24, 2.45) is 11.8 Å². The highest BCUT2D eigenvalue weighted by molar-refractivity contribution is 14.1. The summed E-state index contributed by atoms with van der Waals surface area (Å²) < 4.78 is 1.23. The fraction of sp³-hybridized carbons (Fsp3) is 0.357. The van der Waals surface area contributed by atoms with Gasteiger partial charge >= 0.3 is 0 Å². The average Bonchev–Trinajstić information content (AvgIpc) is 3.08. The molecule has 0 saturated heterocycles. The number of halogens is 1. The maximum atomic E-state index is 11.8. The quantitative estimate of drug-likeness (QED) is 0.857. The molecule has 0 amide bonds. The Morgan fingerprint density at radius 2 is 1.88 bits per heavy atom. The van der Waals surface area contributed by atoms with Crippen molar-refractivity contribution in [3.05, 3.63) is 40.0 Å². The van der Waals surface area contributed by atoms with Crippen LogP contribution in [0.2, 0.25) is 0 Å². The van der Waals surface area contributed by atoms with Gasteiger partial charge in [-0.15, -0.1) is 0 Å². The van der Waals surface area contributed by atoms with Crippen LogP contribution in [0.3, 0.4) is 0 Å². The van der Waals surface area contributed by atoms with Crippen molar-refractivity contribution in [1.29, 1.82) is 0 Å². The minimum Gasteiger partial charge on any atom is -0.378 e. The molecule has 3 rings (SSSR count). The number of carbonyl (C=O) groups is 1. The van der Waals surface area contributed by atoms with Crippen LogP contribution in [0.4, 0.5) is 5.69 Å². The normalized spacial score (nSPS) is 27.5. The zero-order valence-electron chi connectivity index (χ0n) is 9.40. The van der Waals surface area contributed by atoms with Crippen molar-refractivity contribution in [2.75, 3.05) is 5.32 Å². The predicted molar refractivity (Wildman–Crippen MR) is 76.9 cm³/mol. The highest BCUT2D eigenvalue weighted by Gasteiger charge is 2.42. The van der Waals surface area contributed by atoms with Crippen molar-refractivity contribution >= 4 is 34.1 Å². The second kappa shape index (κ2) is 4.44. The van der Waals surface area contributed by atoms with Crippen molar-refractivity contribution in [3.8, 4) is 0 Å². The van der Waals surface area contributed by atoms with Gasteiger partial charge in [0, 0.05) is 15.2 Å². The summed E-state index contributed by atoms with van der Waals surface area (Å²) in [6.07, 6.45) is 6.18. The number of hydrogen-bond donors (Lipinski definition) is 1. The van der Waals surface area contributed by atoms with Crippen LogP contribution < -0.4 is 5.32 Å². The molecular formula is C14H14INO. The Kier molecular flexibility index (Phi) is 2.94. The monoisotopic (exact) mass is 339 g/mol. The molecular weight excluding hydrogens is 325 g/mol. The van der Waals surface area contributed by atoms with Gasteiger partial charge in [-0.25, -0.2) is 0 Å². The van der Waals surface area contributed by atoms with Crippen molar-refractivity contribution in [1.82, 2.24) is 0 Å². The third kappa shape index (κ3) is 2.39. The van der Waals surface area contributed by atoms with Gasteiger partial charge in [0.2, 0.25) is 0 Å². The lowest BCUT2D eigenvalue weighted by atomic mass is 9.95. The summed E-state index contributed by atoms with van der Waals surface area (Å²) >= 11 is 2.29. The number of benzene rings is 1.